The fourth-order valence-corrected chi connectivity index (χ4v) is 1.79. The van der Waals surface area contributed by atoms with Crippen LogP contribution in [-0.4, -0.2) is 24.6 Å². The van der Waals surface area contributed by atoms with Crippen LogP contribution in [0.25, 0.3) is 11.4 Å². The Morgan fingerprint density at radius 1 is 1.25 bits per heavy atom. The molecule has 0 N–H and O–H groups in total. The third kappa shape index (κ3) is 2.26. The van der Waals surface area contributed by atoms with E-state index in [0.717, 1.165) is 0 Å². The molecule has 0 aliphatic heterocycles. The van der Waals surface area contributed by atoms with E-state index in [0.29, 0.717) is 17.1 Å². The van der Waals surface area contributed by atoms with Crippen LogP contribution in [-0.2, 0) is 6.54 Å². The van der Waals surface area contributed by atoms with Gasteiger partial charge < -0.3 is 14.6 Å². The lowest BCUT2D eigenvalue weighted by Crippen LogP contribution is -2.03. The third-order valence-corrected chi connectivity index (χ3v) is 2.67. The second kappa shape index (κ2) is 4.92. The summed E-state index contributed by atoms with van der Waals surface area (Å²) in [6, 6.07) is 7.16. The highest BCUT2D eigenvalue weighted by atomic mass is 16.6. The van der Waals surface area contributed by atoms with Crippen LogP contribution in [0.1, 0.15) is 5.76 Å². The number of pyridine rings is 1. The van der Waals surface area contributed by atoms with E-state index >= 15 is 0 Å². The maximum Gasteiger partial charge on any atom is 0.434 e. The van der Waals surface area contributed by atoms with E-state index < -0.39 is 4.92 Å². The Bertz CT molecular complexity index is 734. The van der Waals surface area contributed by atoms with E-state index in [-0.39, 0.29) is 12.5 Å². The third-order valence-electron chi connectivity index (χ3n) is 2.67. The van der Waals surface area contributed by atoms with Crippen molar-refractivity contribution in [2.75, 3.05) is 0 Å². The molecule has 0 amide bonds. The van der Waals surface area contributed by atoms with Gasteiger partial charge in [-0.3, -0.25) is 4.98 Å². The summed E-state index contributed by atoms with van der Waals surface area (Å²) in [5.74, 6) is 0.257. The molecule has 100 valence electrons. The van der Waals surface area contributed by atoms with Crippen LogP contribution in [0.2, 0.25) is 0 Å². The summed E-state index contributed by atoms with van der Waals surface area (Å²) >= 11 is 0. The largest absolute Gasteiger partial charge is 0.434 e. The molecule has 0 fully saturated rings. The lowest BCUT2D eigenvalue weighted by atomic mass is 10.2. The Kier molecular flexibility index (Phi) is 2.96. The van der Waals surface area contributed by atoms with Gasteiger partial charge in [-0.2, -0.15) is 0 Å². The Balaban J connectivity index is 1.84. The van der Waals surface area contributed by atoms with Crippen molar-refractivity contribution in [3.05, 3.63) is 58.7 Å². The summed E-state index contributed by atoms with van der Waals surface area (Å²) in [6.07, 6.45) is 4.54. The van der Waals surface area contributed by atoms with Crippen molar-refractivity contribution in [1.82, 2.24) is 19.7 Å². The van der Waals surface area contributed by atoms with Gasteiger partial charge in [0, 0.05) is 12.3 Å². The van der Waals surface area contributed by atoms with Crippen LogP contribution in [0.5, 0.6) is 0 Å². The number of nitro groups is 1. The van der Waals surface area contributed by atoms with E-state index in [9.17, 15) is 10.1 Å². The zero-order valence-corrected chi connectivity index (χ0v) is 10.2. The number of imidazole rings is 1. The Morgan fingerprint density at radius 3 is 2.90 bits per heavy atom. The molecule has 3 heterocycles. The lowest BCUT2D eigenvalue weighted by molar-refractivity contribution is -0.396. The first kappa shape index (κ1) is 12.0. The molecule has 0 saturated carbocycles. The Hall–Kier alpha value is -3.03. The summed E-state index contributed by atoms with van der Waals surface area (Å²) in [5.41, 5.74) is 1.27. The van der Waals surface area contributed by atoms with Gasteiger partial charge in [0.15, 0.2) is 5.76 Å². The number of rotatable bonds is 4. The van der Waals surface area contributed by atoms with Crippen molar-refractivity contribution < 1.29 is 9.45 Å². The number of nitrogens with zero attached hydrogens (tertiary/aromatic N) is 5. The quantitative estimate of drug-likeness (QED) is 0.530. The topological polar surface area (TPSA) is 99.9 Å². The van der Waals surface area contributed by atoms with E-state index in [1.165, 1.54) is 17.0 Å². The molecule has 3 aromatic rings. The monoisotopic (exact) mass is 271 g/mol. The first-order valence-corrected chi connectivity index (χ1v) is 5.76. The molecule has 3 rings (SSSR count). The molecule has 0 radical (unpaired) electrons. The van der Waals surface area contributed by atoms with Gasteiger partial charge in [-0.05, 0) is 17.1 Å². The van der Waals surface area contributed by atoms with Gasteiger partial charge in [0.1, 0.15) is 24.6 Å². The predicted molar refractivity (Wildman–Crippen MR) is 67.7 cm³/mol. The van der Waals surface area contributed by atoms with E-state index in [2.05, 4.69) is 15.1 Å². The Morgan fingerprint density at radius 2 is 2.15 bits per heavy atom. The number of hydrogen-bond acceptors (Lipinski definition) is 6. The maximum atomic E-state index is 10.8. The molecular weight excluding hydrogens is 262 g/mol. The maximum absolute atomic E-state index is 10.8. The van der Waals surface area contributed by atoms with Crippen LogP contribution in [0.3, 0.4) is 0 Å². The standard InChI is InChI=1S/C12H9N5O3/c18-17(19)12-14-5-6-16(12)8-9-7-11(15-20-9)10-3-1-2-4-13-10/h1-7H,8H2. The normalized spacial score (nSPS) is 10.6. The van der Waals surface area contributed by atoms with Gasteiger partial charge in [0.2, 0.25) is 0 Å². The average molecular weight is 271 g/mol. The van der Waals surface area contributed by atoms with Crippen LogP contribution in [0, 0.1) is 10.1 Å². The van der Waals surface area contributed by atoms with E-state index in [4.69, 9.17) is 4.52 Å². The smallest absolute Gasteiger partial charge is 0.390 e. The van der Waals surface area contributed by atoms with Crippen molar-refractivity contribution in [2.45, 2.75) is 6.54 Å². The SMILES string of the molecule is O=[N+]([O-])c1nccn1Cc1cc(-c2ccccn2)no1. The second-order valence-electron chi connectivity index (χ2n) is 4.01. The lowest BCUT2D eigenvalue weighted by Gasteiger charge is -1.97. The first-order chi connectivity index (χ1) is 9.74. The van der Waals surface area contributed by atoms with Gasteiger partial charge in [-0.15, -0.1) is 0 Å². The van der Waals surface area contributed by atoms with Gasteiger partial charge in [0.25, 0.3) is 0 Å². The van der Waals surface area contributed by atoms with E-state index in [1.54, 1.807) is 24.4 Å². The van der Waals surface area contributed by atoms with Crippen LogP contribution >= 0.6 is 0 Å². The molecule has 0 saturated heterocycles. The first-order valence-electron chi connectivity index (χ1n) is 5.76. The van der Waals surface area contributed by atoms with Gasteiger partial charge in [-0.1, -0.05) is 16.2 Å². The molecule has 0 aliphatic carbocycles. The highest BCUT2D eigenvalue weighted by Gasteiger charge is 2.16. The van der Waals surface area contributed by atoms with Gasteiger partial charge in [-0.25, -0.2) is 4.57 Å². The minimum atomic E-state index is -0.546. The summed E-state index contributed by atoms with van der Waals surface area (Å²) in [6.45, 7) is 0.191. The molecule has 20 heavy (non-hydrogen) atoms. The molecule has 0 atom stereocenters. The fourth-order valence-electron chi connectivity index (χ4n) is 1.79. The summed E-state index contributed by atoms with van der Waals surface area (Å²) < 4.78 is 6.54. The zero-order chi connectivity index (χ0) is 13.9. The predicted octanol–water partition coefficient (Wildman–Crippen LogP) is 1.89. The van der Waals surface area contributed by atoms with E-state index in [1.807, 2.05) is 6.07 Å². The Labute approximate surface area is 112 Å². The minimum absolute atomic E-state index is 0.191. The van der Waals surface area contributed by atoms with Crippen molar-refractivity contribution in [3.8, 4) is 11.4 Å². The fraction of sp³-hybridized carbons (Fsp3) is 0.0833. The van der Waals surface area contributed by atoms with Crippen molar-refractivity contribution in [2.24, 2.45) is 0 Å². The molecule has 0 unspecified atom stereocenters. The average Bonchev–Trinajstić information content (AvgIpc) is 3.09. The van der Waals surface area contributed by atoms with Crippen molar-refractivity contribution in [3.63, 3.8) is 0 Å². The van der Waals surface area contributed by atoms with Gasteiger partial charge >= 0.3 is 5.95 Å². The summed E-state index contributed by atoms with van der Waals surface area (Å²) in [4.78, 5) is 18.0. The van der Waals surface area contributed by atoms with Crippen LogP contribution < -0.4 is 0 Å². The molecule has 8 nitrogen and oxygen atoms in total. The highest BCUT2D eigenvalue weighted by Crippen LogP contribution is 2.18. The second-order valence-corrected chi connectivity index (χ2v) is 4.01. The van der Waals surface area contributed by atoms with Crippen molar-refractivity contribution in [1.29, 1.82) is 0 Å². The molecule has 0 spiro atoms. The number of aromatic nitrogens is 4. The zero-order valence-electron chi connectivity index (χ0n) is 10.2. The van der Waals surface area contributed by atoms with Crippen molar-refractivity contribution >= 4 is 5.95 Å². The summed E-state index contributed by atoms with van der Waals surface area (Å²) in [5, 5.41) is 14.7. The van der Waals surface area contributed by atoms with Crippen LogP contribution in [0.15, 0.2) is 47.4 Å². The molecule has 8 heteroatoms. The molecule has 3 aromatic heterocycles. The molecule has 0 aromatic carbocycles. The summed E-state index contributed by atoms with van der Waals surface area (Å²) in [7, 11) is 0. The van der Waals surface area contributed by atoms with Crippen LogP contribution in [0.4, 0.5) is 5.95 Å². The molecular formula is C12H9N5O3. The highest BCUT2D eigenvalue weighted by molar-refractivity contribution is 5.53. The number of hydrogen-bond donors (Lipinski definition) is 0. The van der Waals surface area contributed by atoms with Gasteiger partial charge in [0.05, 0.1) is 5.69 Å². The molecule has 0 aliphatic rings. The molecule has 0 bridgehead atoms. The minimum Gasteiger partial charge on any atom is -0.390 e.